The second-order valence-electron chi connectivity index (χ2n) is 4.99. The number of ether oxygens (including phenoxy) is 1. The first kappa shape index (κ1) is 11.4. The van der Waals surface area contributed by atoms with E-state index in [0.29, 0.717) is 18.2 Å². The zero-order valence-corrected chi connectivity index (χ0v) is 9.61. The number of rotatable bonds is 3. The zero-order chi connectivity index (χ0) is 10.7. The molecule has 2 unspecified atom stereocenters. The maximum atomic E-state index is 9.86. The molecule has 3 nitrogen and oxygen atoms in total. The molecule has 2 aliphatic rings. The Labute approximate surface area is 92.2 Å². The molecule has 2 rings (SSSR count). The molecule has 15 heavy (non-hydrogen) atoms. The first-order valence-electron chi connectivity index (χ1n) is 6.26. The summed E-state index contributed by atoms with van der Waals surface area (Å²) in [4.78, 5) is 0. The maximum Gasteiger partial charge on any atom is 0.0693 e. The highest BCUT2D eigenvalue weighted by Crippen LogP contribution is 2.25. The highest BCUT2D eigenvalue weighted by molar-refractivity contribution is 4.88. The molecule has 0 heterocycles. The van der Waals surface area contributed by atoms with Gasteiger partial charge in [-0.2, -0.15) is 0 Å². The summed E-state index contributed by atoms with van der Waals surface area (Å²) in [5.41, 5.74) is 0. The van der Waals surface area contributed by atoms with Gasteiger partial charge in [0.2, 0.25) is 0 Å². The third kappa shape index (κ3) is 2.92. The van der Waals surface area contributed by atoms with Crippen LogP contribution >= 0.6 is 0 Å². The summed E-state index contributed by atoms with van der Waals surface area (Å²) in [6, 6.07) is 0.895. The van der Waals surface area contributed by atoms with Crippen molar-refractivity contribution in [1.29, 1.82) is 0 Å². The molecule has 2 aliphatic carbocycles. The van der Waals surface area contributed by atoms with Gasteiger partial charge in [-0.1, -0.05) is 12.8 Å². The average Bonchev–Trinajstić information content (AvgIpc) is 2.69. The van der Waals surface area contributed by atoms with Crippen molar-refractivity contribution in [1.82, 2.24) is 5.32 Å². The summed E-state index contributed by atoms with van der Waals surface area (Å²) in [6.45, 7) is 0. The Bertz CT molecular complexity index is 198. The second-order valence-corrected chi connectivity index (χ2v) is 4.99. The summed E-state index contributed by atoms with van der Waals surface area (Å²) in [5, 5.41) is 13.5. The molecule has 2 N–H and O–H groups in total. The van der Waals surface area contributed by atoms with Crippen LogP contribution in [0, 0.1) is 0 Å². The van der Waals surface area contributed by atoms with Crippen LogP contribution < -0.4 is 5.32 Å². The molecule has 2 saturated carbocycles. The van der Waals surface area contributed by atoms with Crippen LogP contribution in [0.2, 0.25) is 0 Å². The number of aliphatic hydroxyl groups is 1. The minimum atomic E-state index is -0.125. The minimum absolute atomic E-state index is 0.125. The van der Waals surface area contributed by atoms with Crippen molar-refractivity contribution in [3.63, 3.8) is 0 Å². The highest BCUT2D eigenvalue weighted by atomic mass is 16.5. The Balaban J connectivity index is 1.76. The fourth-order valence-electron chi connectivity index (χ4n) is 2.91. The zero-order valence-electron chi connectivity index (χ0n) is 9.61. The van der Waals surface area contributed by atoms with E-state index in [1.54, 1.807) is 7.11 Å². The van der Waals surface area contributed by atoms with E-state index in [9.17, 15) is 5.11 Å². The largest absolute Gasteiger partial charge is 0.392 e. The van der Waals surface area contributed by atoms with E-state index in [2.05, 4.69) is 5.32 Å². The van der Waals surface area contributed by atoms with E-state index in [-0.39, 0.29) is 6.10 Å². The van der Waals surface area contributed by atoms with Crippen molar-refractivity contribution >= 4 is 0 Å². The molecule has 0 saturated heterocycles. The van der Waals surface area contributed by atoms with Crippen LogP contribution in [0.25, 0.3) is 0 Å². The third-order valence-corrected chi connectivity index (χ3v) is 3.90. The van der Waals surface area contributed by atoms with E-state index >= 15 is 0 Å². The van der Waals surface area contributed by atoms with Crippen LogP contribution in [0.3, 0.4) is 0 Å². The van der Waals surface area contributed by atoms with Gasteiger partial charge < -0.3 is 15.2 Å². The van der Waals surface area contributed by atoms with E-state index in [0.717, 1.165) is 25.7 Å². The summed E-state index contributed by atoms with van der Waals surface area (Å²) in [6.07, 6.45) is 8.33. The highest BCUT2D eigenvalue weighted by Gasteiger charge is 2.29. The van der Waals surface area contributed by atoms with Gasteiger partial charge in [-0.05, 0) is 32.1 Å². The predicted molar refractivity (Wildman–Crippen MR) is 59.8 cm³/mol. The van der Waals surface area contributed by atoms with E-state index < -0.39 is 0 Å². The minimum Gasteiger partial charge on any atom is -0.392 e. The lowest BCUT2D eigenvalue weighted by molar-refractivity contribution is 0.0798. The molecule has 0 spiro atoms. The van der Waals surface area contributed by atoms with E-state index in [1.165, 1.54) is 19.3 Å². The predicted octanol–water partition coefficient (Wildman–Crippen LogP) is 1.45. The maximum absolute atomic E-state index is 9.86. The fourth-order valence-corrected chi connectivity index (χ4v) is 2.91. The number of hydrogen-bond acceptors (Lipinski definition) is 3. The fraction of sp³-hybridized carbons (Fsp3) is 1.00. The van der Waals surface area contributed by atoms with Gasteiger partial charge in [0.15, 0.2) is 0 Å². The van der Waals surface area contributed by atoms with Gasteiger partial charge in [0.1, 0.15) is 0 Å². The number of aliphatic hydroxyl groups excluding tert-OH is 1. The Kier molecular flexibility index (Phi) is 4.00. The van der Waals surface area contributed by atoms with Crippen LogP contribution in [0.5, 0.6) is 0 Å². The first-order valence-corrected chi connectivity index (χ1v) is 6.26. The van der Waals surface area contributed by atoms with Gasteiger partial charge in [0.05, 0.1) is 12.2 Å². The molecule has 2 fully saturated rings. The number of nitrogens with one attached hydrogen (secondary N) is 1. The van der Waals surface area contributed by atoms with E-state index in [1.807, 2.05) is 0 Å². The lowest BCUT2D eigenvalue weighted by atomic mass is 9.92. The van der Waals surface area contributed by atoms with Crippen LogP contribution in [-0.4, -0.2) is 36.5 Å². The molecular formula is C12H23NO2. The van der Waals surface area contributed by atoms with Crippen molar-refractivity contribution < 1.29 is 9.84 Å². The van der Waals surface area contributed by atoms with Crippen LogP contribution in [0.1, 0.15) is 44.9 Å². The smallest absolute Gasteiger partial charge is 0.0693 e. The topological polar surface area (TPSA) is 41.5 Å². The van der Waals surface area contributed by atoms with Crippen LogP contribution in [0.4, 0.5) is 0 Å². The lowest BCUT2D eigenvalue weighted by Crippen LogP contribution is -2.46. The summed E-state index contributed by atoms with van der Waals surface area (Å²) >= 11 is 0. The van der Waals surface area contributed by atoms with Gasteiger partial charge in [0, 0.05) is 19.2 Å². The summed E-state index contributed by atoms with van der Waals surface area (Å²) in [7, 11) is 1.79. The van der Waals surface area contributed by atoms with Gasteiger partial charge in [-0.15, -0.1) is 0 Å². The van der Waals surface area contributed by atoms with Crippen molar-refractivity contribution in [2.45, 2.75) is 69.2 Å². The van der Waals surface area contributed by atoms with Crippen molar-refractivity contribution in [3.05, 3.63) is 0 Å². The molecule has 0 radical (unpaired) electrons. The second kappa shape index (κ2) is 5.28. The molecule has 0 aromatic rings. The van der Waals surface area contributed by atoms with Gasteiger partial charge in [0.25, 0.3) is 0 Å². The van der Waals surface area contributed by atoms with Gasteiger partial charge in [-0.25, -0.2) is 0 Å². The molecule has 0 bridgehead atoms. The molecule has 4 atom stereocenters. The average molecular weight is 213 g/mol. The Hall–Kier alpha value is -0.120. The van der Waals surface area contributed by atoms with Crippen molar-refractivity contribution in [2.24, 2.45) is 0 Å². The molecule has 0 aliphatic heterocycles. The standard InChI is InChI=1S/C12H23NO2/c1-15-10-7-6-9(8-10)13-11-4-2-3-5-12(11)14/h9-14H,2-8H2,1H3/t9?,10?,11-,12-/m1/s1. The van der Waals surface area contributed by atoms with E-state index in [4.69, 9.17) is 4.74 Å². The summed E-state index contributed by atoms with van der Waals surface area (Å²) in [5.74, 6) is 0. The van der Waals surface area contributed by atoms with Gasteiger partial charge in [-0.3, -0.25) is 0 Å². The Morgan fingerprint density at radius 3 is 2.60 bits per heavy atom. The quantitative estimate of drug-likeness (QED) is 0.745. The van der Waals surface area contributed by atoms with Crippen molar-refractivity contribution in [3.8, 4) is 0 Å². The molecule has 88 valence electrons. The Morgan fingerprint density at radius 2 is 1.93 bits per heavy atom. The normalized spacial score (nSPS) is 42.0. The first-order chi connectivity index (χ1) is 7.29. The third-order valence-electron chi connectivity index (χ3n) is 3.90. The van der Waals surface area contributed by atoms with Crippen molar-refractivity contribution in [2.75, 3.05) is 7.11 Å². The Morgan fingerprint density at radius 1 is 1.13 bits per heavy atom. The van der Waals surface area contributed by atoms with Gasteiger partial charge >= 0.3 is 0 Å². The van der Waals surface area contributed by atoms with Crippen LogP contribution in [-0.2, 0) is 4.74 Å². The monoisotopic (exact) mass is 213 g/mol. The molecular weight excluding hydrogens is 190 g/mol. The van der Waals surface area contributed by atoms with Crippen LogP contribution in [0.15, 0.2) is 0 Å². The SMILES string of the molecule is COC1CCC(N[C@@H]2CCCC[C@H]2O)C1. The molecule has 0 aromatic carbocycles. The number of hydrogen-bond donors (Lipinski definition) is 2. The lowest BCUT2D eigenvalue weighted by Gasteiger charge is -2.31. The molecule has 0 amide bonds. The number of methoxy groups -OCH3 is 1. The molecule has 3 heteroatoms. The summed E-state index contributed by atoms with van der Waals surface area (Å²) < 4.78 is 5.35. The molecule has 0 aromatic heterocycles.